The lowest BCUT2D eigenvalue weighted by Gasteiger charge is -2.14. The summed E-state index contributed by atoms with van der Waals surface area (Å²) in [5.41, 5.74) is 2.62. The van der Waals surface area contributed by atoms with Gasteiger partial charge in [0.15, 0.2) is 11.5 Å². The maximum Gasteiger partial charge on any atom is 0.162 e. The Morgan fingerprint density at radius 3 is 2.38 bits per heavy atom. The molecule has 2 rings (SSSR count). The second-order valence-corrected chi connectivity index (χ2v) is 5.02. The second-order valence-electron chi connectivity index (χ2n) is 4.61. The van der Waals surface area contributed by atoms with Crippen LogP contribution in [0.25, 0.3) is 0 Å². The smallest absolute Gasteiger partial charge is 0.162 e. The topological polar surface area (TPSA) is 30.5 Å². The molecule has 5 heteroatoms. The van der Waals surface area contributed by atoms with Gasteiger partial charge in [-0.1, -0.05) is 17.7 Å². The zero-order valence-corrected chi connectivity index (χ0v) is 12.9. The first kappa shape index (κ1) is 15.4. The summed E-state index contributed by atoms with van der Waals surface area (Å²) in [6, 6.07) is 8.18. The average molecular weight is 310 g/mol. The zero-order valence-electron chi connectivity index (χ0n) is 12.2. The minimum atomic E-state index is -0.236. The number of hydrogen-bond acceptors (Lipinski definition) is 3. The molecular formula is C16H17ClFNO2. The molecule has 0 amide bonds. The van der Waals surface area contributed by atoms with Crippen LogP contribution in [0.15, 0.2) is 30.3 Å². The van der Waals surface area contributed by atoms with Gasteiger partial charge in [0.25, 0.3) is 0 Å². The number of rotatable bonds is 5. The molecule has 112 valence electrons. The normalized spacial score (nSPS) is 10.3. The molecule has 0 aliphatic heterocycles. The third-order valence-corrected chi connectivity index (χ3v) is 3.56. The van der Waals surface area contributed by atoms with Crippen LogP contribution in [0.1, 0.15) is 11.1 Å². The molecule has 3 nitrogen and oxygen atoms in total. The number of halogens is 2. The van der Waals surface area contributed by atoms with E-state index in [0.717, 1.165) is 16.8 Å². The van der Waals surface area contributed by atoms with E-state index in [4.69, 9.17) is 21.1 Å². The molecule has 0 saturated carbocycles. The summed E-state index contributed by atoms with van der Waals surface area (Å²) in [6.07, 6.45) is 0. The molecule has 0 aliphatic carbocycles. The summed E-state index contributed by atoms with van der Waals surface area (Å²) in [5, 5.41) is 3.76. The van der Waals surface area contributed by atoms with E-state index >= 15 is 0 Å². The standard InChI is InChI=1S/C16H17ClFNO2/c1-10-6-12(18)5-4-11(10)9-19-14-8-16(21-3)15(20-2)7-13(14)17/h4-8,19H,9H2,1-3H3. The molecule has 21 heavy (non-hydrogen) atoms. The minimum Gasteiger partial charge on any atom is -0.493 e. The fourth-order valence-electron chi connectivity index (χ4n) is 2.04. The Balaban J connectivity index is 2.19. The monoisotopic (exact) mass is 309 g/mol. The van der Waals surface area contributed by atoms with Crippen molar-refractivity contribution >= 4 is 17.3 Å². The Bertz CT molecular complexity index is 646. The van der Waals surface area contributed by atoms with E-state index in [0.29, 0.717) is 23.1 Å². The fraction of sp³-hybridized carbons (Fsp3) is 0.250. The summed E-state index contributed by atoms with van der Waals surface area (Å²) >= 11 is 6.21. The molecule has 0 aromatic heterocycles. The maximum atomic E-state index is 13.1. The molecule has 0 atom stereocenters. The molecule has 0 aliphatic rings. The van der Waals surface area contributed by atoms with Gasteiger partial charge >= 0.3 is 0 Å². The first-order chi connectivity index (χ1) is 10.0. The summed E-state index contributed by atoms with van der Waals surface area (Å²) in [7, 11) is 3.13. The molecule has 2 aromatic carbocycles. The first-order valence-corrected chi connectivity index (χ1v) is 6.83. The highest BCUT2D eigenvalue weighted by Gasteiger charge is 2.10. The van der Waals surface area contributed by atoms with Crippen LogP contribution in [0.5, 0.6) is 11.5 Å². The SMILES string of the molecule is COc1cc(Cl)c(NCc2ccc(F)cc2C)cc1OC. The van der Waals surface area contributed by atoms with Gasteiger partial charge in [-0.15, -0.1) is 0 Å². The van der Waals surface area contributed by atoms with Crippen LogP contribution in [0.4, 0.5) is 10.1 Å². The van der Waals surface area contributed by atoms with Crippen molar-refractivity contribution in [3.63, 3.8) is 0 Å². The lowest BCUT2D eigenvalue weighted by molar-refractivity contribution is 0.355. The number of benzene rings is 2. The van der Waals surface area contributed by atoms with Crippen LogP contribution in [-0.4, -0.2) is 14.2 Å². The van der Waals surface area contributed by atoms with E-state index in [2.05, 4.69) is 5.32 Å². The third-order valence-electron chi connectivity index (χ3n) is 3.25. The summed E-state index contributed by atoms with van der Waals surface area (Å²) < 4.78 is 23.5. The van der Waals surface area contributed by atoms with Gasteiger partial charge in [-0.25, -0.2) is 4.39 Å². The van der Waals surface area contributed by atoms with Gasteiger partial charge in [0.2, 0.25) is 0 Å². The van der Waals surface area contributed by atoms with Crippen molar-refractivity contribution in [1.82, 2.24) is 0 Å². The number of aryl methyl sites for hydroxylation is 1. The lowest BCUT2D eigenvalue weighted by Crippen LogP contribution is -2.03. The van der Waals surface area contributed by atoms with Crippen molar-refractivity contribution < 1.29 is 13.9 Å². The Labute approximate surface area is 128 Å². The highest BCUT2D eigenvalue weighted by atomic mass is 35.5. The van der Waals surface area contributed by atoms with Crippen molar-refractivity contribution in [3.8, 4) is 11.5 Å². The Hall–Kier alpha value is -1.94. The molecule has 0 unspecified atom stereocenters. The summed E-state index contributed by atoms with van der Waals surface area (Å²) in [5.74, 6) is 0.937. The Morgan fingerprint density at radius 2 is 1.76 bits per heavy atom. The van der Waals surface area contributed by atoms with Gasteiger partial charge < -0.3 is 14.8 Å². The molecule has 2 aromatic rings. The number of hydrogen-bond donors (Lipinski definition) is 1. The van der Waals surface area contributed by atoms with E-state index in [1.807, 2.05) is 6.92 Å². The highest BCUT2D eigenvalue weighted by Crippen LogP contribution is 2.36. The van der Waals surface area contributed by atoms with Gasteiger partial charge in [0.1, 0.15) is 5.82 Å². The Kier molecular flexibility index (Phi) is 4.91. The largest absolute Gasteiger partial charge is 0.493 e. The fourth-order valence-corrected chi connectivity index (χ4v) is 2.26. The van der Waals surface area contributed by atoms with Gasteiger partial charge in [0.05, 0.1) is 24.9 Å². The number of methoxy groups -OCH3 is 2. The average Bonchev–Trinajstić information content (AvgIpc) is 2.47. The predicted molar refractivity (Wildman–Crippen MR) is 83.0 cm³/mol. The minimum absolute atomic E-state index is 0.236. The molecule has 1 N–H and O–H groups in total. The van der Waals surface area contributed by atoms with Gasteiger partial charge in [-0.3, -0.25) is 0 Å². The van der Waals surface area contributed by atoms with Crippen LogP contribution in [0.3, 0.4) is 0 Å². The van der Waals surface area contributed by atoms with Crippen LogP contribution in [-0.2, 0) is 6.54 Å². The van der Waals surface area contributed by atoms with Crippen molar-refractivity contribution in [2.24, 2.45) is 0 Å². The summed E-state index contributed by atoms with van der Waals surface area (Å²) in [4.78, 5) is 0. The van der Waals surface area contributed by atoms with Crippen LogP contribution in [0, 0.1) is 12.7 Å². The van der Waals surface area contributed by atoms with E-state index in [9.17, 15) is 4.39 Å². The maximum absolute atomic E-state index is 13.1. The van der Waals surface area contributed by atoms with E-state index < -0.39 is 0 Å². The molecule has 0 bridgehead atoms. The molecular weight excluding hydrogens is 293 g/mol. The number of nitrogens with one attached hydrogen (secondary N) is 1. The van der Waals surface area contributed by atoms with Gasteiger partial charge in [-0.2, -0.15) is 0 Å². The molecule has 0 fully saturated rings. The number of anilines is 1. The summed E-state index contributed by atoms with van der Waals surface area (Å²) in [6.45, 7) is 2.41. The van der Waals surface area contributed by atoms with Crippen LogP contribution < -0.4 is 14.8 Å². The quantitative estimate of drug-likeness (QED) is 0.887. The molecule has 0 saturated heterocycles. The van der Waals surface area contributed by atoms with Crippen molar-refractivity contribution in [2.45, 2.75) is 13.5 Å². The lowest BCUT2D eigenvalue weighted by atomic mass is 10.1. The van der Waals surface area contributed by atoms with E-state index in [1.54, 1.807) is 32.4 Å². The molecule has 0 spiro atoms. The van der Waals surface area contributed by atoms with Crippen molar-refractivity contribution in [3.05, 3.63) is 52.3 Å². The van der Waals surface area contributed by atoms with Crippen LogP contribution >= 0.6 is 11.6 Å². The van der Waals surface area contributed by atoms with Crippen LogP contribution in [0.2, 0.25) is 5.02 Å². The molecule has 0 radical (unpaired) electrons. The van der Waals surface area contributed by atoms with E-state index in [1.165, 1.54) is 12.1 Å². The third kappa shape index (κ3) is 3.58. The van der Waals surface area contributed by atoms with E-state index in [-0.39, 0.29) is 5.82 Å². The Morgan fingerprint density at radius 1 is 1.10 bits per heavy atom. The highest BCUT2D eigenvalue weighted by molar-refractivity contribution is 6.33. The molecule has 0 heterocycles. The first-order valence-electron chi connectivity index (χ1n) is 6.45. The van der Waals surface area contributed by atoms with Gasteiger partial charge in [0, 0.05) is 18.7 Å². The zero-order chi connectivity index (χ0) is 15.4. The number of ether oxygens (including phenoxy) is 2. The van der Waals surface area contributed by atoms with Gasteiger partial charge in [-0.05, 0) is 30.2 Å². The second kappa shape index (κ2) is 6.68. The predicted octanol–water partition coefficient (Wildman–Crippen LogP) is 4.42. The van der Waals surface area contributed by atoms with Crippen molar-refractivity contribution in [2.75, 3.05) is 19.5 Å². The van der Waals surface area contributed by atoms with Crippen molar-refractivity contribution in [1.29, 1.82) is 0 Å².